The third kappa shape index (κ3) is 3.12. The number of fused-ring (bicyclic) bond motifs is 1. The normalized spacial score (nSPS) is 17.8. The van der Waals surface area contributed by atoms with Crippen molar-refractivity contribution in [2.24, 2.45) is 0 Å². The van der Waals surface area contributed by atoms with Crippen molar-refractivity contribution < 1.29 is 9.15 Å². The van der Waals surface area contributed by atoms with Crippen molar-refractivity contribution in [2.75, 3.05) is 13.2 Å². The van der Waals surface area contributed by atoms with E-state index in [4.69, 9.17) is 9.15 Å². The standard InChI is InChI=1S/C17H18N4O2/c1-2-17(8-18-5-1)23-13-16-11-20(9-14-4-7-22-12-14)10-15-3-6-19-21(15)16/h1-8,12,16H,9-11,13H2/t16-/m0/s1. The summed E-state index contributed by atoms with van der Waals surface area (Å²) < 4.78 is 13.1. The molecule has 4 rings (SSSR count). The van der Waals surface area contributed by atoms with Crippen LogP contribution in [0.3, 0.4) is 0 Å². The average Bonchev–Trinajstić information content (AvgIpc) is 3.25. The number of hydrogen-bond acceptors (Lipinski definition) is 5. The summed E-state index contributed by atoms with van der Waals surface area (Å²) in [6, 6.07) is 8.05. The maximum Gasteiger partial charge on any atom is 0.137 e. The van der Waals surface area contributed by atoms with Crippen molar-refractivity contribution in [2.45, 2.75) is 19.1 Å². The van der Waals surface area contributed by atoms with Crippen molar-refractivity contribution in [3.05, 3.63) is 66.6 Å². The fourth-order valence-electron chi connectivity index (χ4n) is 2.97. The van der Waals surface area contributed by atoms with Crippen LogP contribution in [0.2, 0.25) is 0 Å². The molecule has 118 valence electrons. The summed E-state index contributed by atoms with van der Waals surface area (Å²) in [5, 5.41) is 4.46. The van der Waals surface area contributed by atoms with E-state index in [1.807, 2.05) is 24.4 Å². The molecule has 0 N–H and O–H groups in total. The first-order valence-electron chi connectivity index (χ1n) is 7.67. The van der Waals surface area contributed by atoms with Gasteiger partial charge in [-0.15, -0.1) is 0 Å². The SMILES string of the molecule is c1cncc(OC[C@@H]2CN(Cc3ccoc3)Cc3ccnn32)c1. The Labute approximate surface area is 134 Å². The quantitative estimate of drug-likeness (QED) is 0.725. The van der Waals surface area contributed by atoms with Crippen LogP contribution in [0.1, 0.15) is 17.3 Å². The van der Waals surface area contributed by atoms with Crippen LogP contribution in [0.5, 0.6) is 5.75 Å². The van der Waals surface area contributed by atoms with E-state index in [2.05, 4.69) is 25.7 Å². The molecule has 0 bridgehead atoms. The van der Waals surface area contributed by atoms with E-state index >= 15 is 0 Å². The van der Waals surface area contributed by atoms with Crippen molar-refractivity contribution in [3.63, 3.8) is 0 Å². The van der Waals surface area contributed by atoms with Crippen molar-refractivity contribution in [1.82, 2.24) is 19.7 Å². The highest BCUT2D eigenvalue weighted by molar-refractivity contribution is 5.16. The van der Waals surface area contributed by atoms with Gasteiger partial charge >= 0.3 is 0 Å². The molecule has 0 saturated carbocycles. The topological polar surface area (TPSA) is 56.3 Å². The monoisotopic (exact) mass is 310 g/mol. The predicted molar refractivity (Wildman–Crippen MR) is 83.8 cm³/mol. The number of rotatable bonds is 5. The number of aromatic nitrogens is 3. The first-order chi connectivity index (χ1) is 11.4. The summed E-state index contributed by atoms with van der Waals surface area (Å²) in [7, 11) is 0. The summed E-state index contributed by atoms with van der Waals surface area (Å²) in [6.45, 7) is 3.21. The molecule has 0 spiro atoms. The van der Waals surface area contributed by atoms with Gasteiger partial charge in [-0.3, -0.25) is 14.6 Å². The zero-order valence-corrected chi connectivity index (χ0v) is 12.7. The van der Waals surface area contributed by atoms with E-state index in [9.17, 15) is 0 Å². The van der Waals surface area contributed by atoms with Gasteiger partial charge < -0.3 is 9.15 Å². The first kappa shape index (κ1) is 14.0. The van der Waals surface area contributed by atoms with Crippen LogP contribution in [-0.4, -0.2) is 32.8 Å². The van der Waals surface area contributed by atoms with Crippen LogP contribution < -0.4 is 4.74 Å². The third-order valence-electron chi connectivity index (χ3n) is 4.02. The Hall–Kier alpha value is -2.60. The second-order valence-corrected chi connectivity index (χ2v) is 5.72. The molecule has 0 fully saturated rings. The fourth-order valence-corrected chi connectivity index (χ4v) is 2.97. The highest BCUT2D eigenvalue weighted by Gasteiger charge is 2.26. The van der Waals surface area contributed by atoms with Gasteiger partial charge in [-0.25, -0.2) is 0 Å². The Morgan fingerprint density at radius 2 is 2.26 bits per heavy atom. The minimum Gasteiger partial charge on any atom is -0.490 e. The molecule has 1 atom stereocenters. The number of nitrogens with zero attached hydrogens (tertiary/aromatic N) is 4. The lowest BCUT2D eigenvalue weighted by Gasteiger charge is -2.33. The van der Waals surface area contributed by atoms with Gasteiger partial charge in [0.25, 0.3) is 0 Å². The summed E-state index contributed by atoms with van der Waals surface area (Å²) >= 11 is 0. The Balaban J connectivity index is 1.47. The van der Waals surface area contributed by atoms with E-state index in [0.717, 1.165) is 25.4 Å². The Bertz CT molecular complexity index is 739. The van der Waals surface area contributed by atoms with Crippen LogP contribution >= 0.6 is 0 Å². The molecule has 23 heavy (non-hydrogen) atoms. The van der Waals surface area contributed by atoms with E-state index in [1.165, 1.54) is 11.3 Å². The maximum atomic E-state index is 5.89. The Morgan fingerprint density at radius 3 is 3.09 bits per heavy atom. The smallest absolute Gasteiger partial charge is 0.137 e. The van der Waals surface area contributed by atoms with Crippen molar-refractivity contribution >= 4 is 0 Å². The van der Waals surface area contributed by atoms with Crippen LogP contribution in [0.4, 0.5) is 0 Å². The lowest BCUT2D eigenvalue weighted by molar-refractivity contribution is 0.127. The van der Waals surface area contributed by atoms with Gasteiger partial charge in [-0.1, -0.05) is 0 Å². The average molecular weight is 310 g/mol. The summed E-state index contributed by atoms with van der Waals surface area (Å²) in [5.41, 5.74) is 2.39. The van der Waals surface area contributed by atoms with Crippen molar-refractivity contribution in [3.8, 4) is 5.75 Å². The van der Waals surface area contributed by atoms with Gasteiger partial charge in [0.15, 0.2) is 0 Å². The Kier molecular flexibility index (Phi) is 3.81. The van der Waals surface area contributed by atoms with E-state index in [1.54, 1.807) is 24.9 Å². The molecule has 3 aromatic heterocycles. The molecular formula is C17H18N4O2. The minimum atomic E-state index is 0.181. The summed E-state index contributed by atoms with van der Waals surface area (Å²) in [5.74, 6) is 0.785. The molecule has 6 nitrogen and oxygen atoms in total. The van der Waals surface area contributed by atoms with Crippen LogP contribution in [0.25, 0.3) is 0 Å². The zero-order valence-electron chi connectivity index (χ0n) is 12.7. The lowest BCUT2D eigenvalue weighted by atomic mass is 10.2. The molecule has 0 aromatic carbocycles. The first-order valence-corrected chi connectivity index (χ1v) is 7.67. The van der Waals surface area contributed by atoms with Gasteiger partial charge in [-0.05, 0) is 24.3 Å². The van der Waals surface area contributed by atoms with Gasteiger partial charge in [0.05, 0.1) is 30.5 Å². The molecule has 0 unspecified atom stereocenters. The van der Waals surface area contributed by atoms with Gasteiger partial charge in [-0.2, -0.15) is 5.10 Å². The molecule has 1 aliphatic heterocycles. The van der Waals surface area contributed by atoms with Gasteiger partial charge in [0.1, 0.15) is 12.4 Å². The highest BCUT2D eigenvalue weighted by atomic mass is 16.5. The predicted octanol–water partition coefficient (Wildman–Crippen LogP) is 2.51. The maximum absolute atomic E-state index is 5.89. The third-order valence-corrected chi connectivity index (χ3v) is 4.02. The molecule has 0 radical (unpaired) electrons. The number of ether oxygens (including phenoxy) is 1. The second-order valence-electron chi connectivity index (χ2n) is 5.72. The number of pyridine rings is 1. The number of hydrogen-bond donors (Lipinski definition) is 0. The molecule has 4 heterocycles. The Morgan fingerprint density at radius 1 is 1.26 bits per heavy atom. The largest absolute Gasteiger partial charge is 0.490 e. The van der Waals surface area contributed by atoms with Crippen LogP contribution in [0, 0.1) is 0 Å². The zero-order chi connectivity index (χ0) is 15.5. The van der Waals surface area contributed by atoms with E-state index in [0.29, 0.717) is 6.61 Å². The lowest BCUT2D eigenvalue weighted by Crippen LogP contribution is -2.39. The van der Waals surface area contributed by atoms with Crippen molar-refractivity contribution in [1.29, 1.82) is 0 Å². The molecular weight excluding hydrogens is 292 g/mol. The molecule has 0 saturated heterocycles. The minimum absolute atomic E-state index is 0.181. The second kappa shape index (κ2) is 6.26. The molecule has 3 aromatic rings. The van der Waals surface area contributed by atoms with E-state index in [-0.39, 0.29) is 6.04 Å². The number of furan rings is 1. The fraction of sp³-hybridized carbons (Fsp3) is 0.294. The molecule has 0 amide bonds. The highest BCUT2D eigenvalue weighted by Crippen LogP contribution is 2.23. The van der Waals surface area contributed by atoms with Gasteiger partial charge in [0.2, 0.25) is 0 Å². The molecule has 1 aliphatic rings. The van der Waals surface area contributed by atoms with Crippen LogP contribution in [0.15, 0.2) is 59.8 Å². The molecule has 6 heteroatoms. The molecule has 0 aliphatic carbocycles. The summed E-state index contributed by atoms with van der Waals surface area (Å²) in [6.07, 6.45) is 8.84. The van der Waals surface area contributed by atoms with Crippen LogP contribution in [-0.2, 0) is 13.1 Å². The van der Waals surface area contributed by atoms with Gasteiger partial charge in [0, 0.05) is 37.6 Å². The summed E-state index contributed by atoms with van der Waals surface area (Å²) in [4.78, 5) is 6.47. The van der Waals surface area contributed by atoms with E-state index < -0.39 is 0 Å².